The minimum atomic E-state index is -4.37. The monoisotopic (exact) mass is 336 g/mol. The normalized spacial score (nSPS) is 14.0. The van der Waals surface area contributed by atoms with E-state index in [4.69, 9.17) is 0 Å². The van der Waals surface area contributed by atoms with Crippen molar-refractivity contribution in [2.45, 2.75) is 46.5 Å². The Morgan fingerprint density at radius 2 is 2.00 bits per heavy atom. The molecule has 1 heterocycles. The fraction of sp³-hybridized carbons (Fsp3) is 0.714. The van der Waals surface area contributed by atoms with Crippen LogP contribution >= 0.6 is 0 Å². The fourth-order valence-corrected chi connectivity index (χ4v) is 2.18. The SMILES string of the molecule is CC(C)C(O)C(C)(C)CNC(=O)Nc1ccn(CC(F)(F)F)n1. The third-order valence-electron chi connectivity index (χ3n) is 3.36. The molecular formula is C14H23F3N4O2. The summed E-state index contributed by atoms with van der Waals surface area (Å²) in [5.41, 5.74) is -0.541. The number of halogens is 3. The highest BCUT2D eigenvalue weighted by molar-refractivity contribution is 5.88. The Kier molecular flexibility index (Phi) is 6.04. The topological polar surface area (TPSA) is 79.2 Å². The Morgan fingerprint density at radius 1 is 1.39 bits per heavy atom. The Balaban J connectivity index is 2.51. The van der Waals surface area contributed by atoms with Gasteiger partial charge in [0.2, 0.25) is 0 Å². The maximum absolute atomic E-state index is 12.2. The number of aliphatic hydroxyl groups excluding tert-OH is 1. The van der Waals surface area contributed by atoms with Crippen molar-refractivity contribution >= 4 is 11.8 Å². The van der Waals surface area contributed by atoms with E-state index in [1.165, 1.54) is 6.07 Å². The average Bonchev–Trinajstić information content (AvgIpc) is 2.80. The van der Waals surface area contributed by atoms with Crippen LogP contribution in [0.4, 0.5) is 23.8 Å². The van der Waals surface area contributed by atoms with Gasteiger partial charge in [0.1, 0.15) is 6.54 Å². The van der Waals surface area contributed by atoms with Crippen molar-refractivity contribution in [3.8, 4) is 0 Å². The number of aromatic nitrogens is 2. The molecule has 1 unspecified atom stereocenters. The lowest BCUT2D eigenvalue weighted by atomic mass is 9.81. The molecule has 0 saturated carbocycles. The van der Waals surface area contributed by atoms with E-state index in [9.17, 15) is 23.1 Å². The minimum Gasteiger partial charge on any atom is -0.392 e. The van der Waals surface area contributed by atoms with Gasteiger partial charge < -0.3 is 10.4 Å². The number of amides is 2. The number of hydrogen-bond acceptors (Lipinski definition) is 3. The summed E-state index contributed by atoms with van der Waals surface area (Å²) < 4.78 is 37.4. The van der Waals surface area contributed by atoms with Gasteiger partial charge in [0.25, 0.3) is 0 Å². The third-order valence-corrected chi connectivity index (χ3v) is 3.36. The molecule has 3 N–H and O–H groups in total. The van der Waals surface area contributed by atoms with Crippen LogP contribution in [0.5, 0.6) is 0 Å². The van der Waals surface area contributed by atoms with Crippen molar-refractivity contribution in [1.82, 2.24) is 15.1 Å². The van der Waals surface area contributed by atoms with Crippen LogP contribution in [0.2, 0.25) is 0 Å². The molecule has 0 aromatic carbocycles. The molecule has 1 aromatic rings. The van der Waals surface area contributed by atoms with Crippen molar-refractivity contribution in [2.24, 2.45) is 11.3 Å². The molecule has 0 aliphatic heterocycles. The number of hydrogen-bond donors (Lipinski definition) is 3. The molecule has 0 bridgehead atoms. The molecule has 0 aliphatic carbocycles. The predicted molar refractivity (Wildman–Crippen MR) is 79.9 cm³/mol. The quantitative estimate of drug-likeness (QED) is 0.747. The molecule has 0 saturated heterocycles. The Labute approximate surface area is 133 Å². The second kappa shape index (κ2) is 7.20. The van der Waals surface area contributed by atoms with Crippen molar-refractivity contribution in [3.63, 3.8) is 0 Å². The summed E-state index contributed by atoms with van der Waals surface area (Å²) in [6.45, 7) is 6.37. The Hall–Kier alpha value is -1.77. The summed E-state index contributed by atoms with van der Waals surface area (Å²) in [4.78, 5) is 11.8. The first-order valence-corrected chi connectivity index (χ1v) is 7.24. The highest BCUT2D eigenvalue weighted by atomic mass is 19.4. The smallest absolute Gasteiger partial charge is 0.392 e. The van der Waals surface area contributed by atoms with E-state index in [0.29, 0.717) is 4.68 Å². The number of nitrogens with zero attached hydrogens (tertiary/aromatic N) is 2. The van der Waals surface area contributed by atoms with E-state index in [-0.39, 0.29) is 18.3 Å². The van der Waals surface area contributed by atoms with Crippen LogP contribution in [-0.4, -0.2) is 39.7 Å². The molecule has 6 nitrogen and oxygen atoms in total. The number of rotatable bonds is 6. The number of carbonyl (C=O) groups is 1. The zero-order chi connectivity index (χ0) is 17.8. The zero-order valence-electron chi connectivity index (χ0n) is 13.6. The van der Waals surface area contributed by atoms with Crippen LogP contribution in [-0.2, 0) is 6.54 Å². The molecule has 0 aliphatic rings. The number of urea groups is 1. The fourth-order valence-electron chi connectivity index (χ4n) is 2.18. The van der Waals surface area contributed by atoms with Crippen molar-refractivity contribution in [2.75, 3.05) is 11.9 Å². The lowest BCUT2D eigenvalue weighted by Crippen LogP contribution is -2.44. The highest BCUT2D eigenvalue weighted by Gasteiger charge is 2.31. The van der Waals surface area contributed by atoms with Gasteiger partial charge in [-0.25, -0.2) is 4.79 Å². The standard InChI is InChI=1S/C14H23F3N4O2/c1-9(2)11(22)13(3,4)7-18-12(23)19-10-5-6-21(20-10)8-14(15,16)17/h5-6,9,11,22H,7-8H2,1-4H3,(H2,18,19,20,23). The van der Waals surface area contributed by atoms with Crippen LogP contribution in [0.25, 0.3) is 0 Å². The molecule has 1 aromatic heterocycles. The van der Waals surface area contributed by atoms with Gasteiger partial charge in [0.15, 0.2) is 5.82 Å². The molecule has 23 heavy (non-hydrogen) atoms. The molecule has 0 fully saturated rings. The van der Waals surface area contributed by atoms with Gasteiger partial charge in [0, 0.05) is 24.2 Å². The summed E-state index contributed by atoms with van der Waals surface area (Å²) in [5, 5.41) is 18.6. The average molecular weight is 336 g/mol. The summed E-state index contributed by atoms with van der Waals surface area (Å²) in [7, 11) is 0. The zero-order valence-corrected chi connectivity index (χ0v) is 13.6. The molecule has 9 heteroatoms. The van der Waals surface area contributed by atoms with Gasteiger partial charge in [-0.15, -0.1) is 0 Å². The first-order valence-electron chi connectivity index (χ1n) is 7.24. The van der Waals surface area contributed by atoms with Crippen LogP contribution in [0.1, 0.15) is 27.7 Å². The molecule has 1 rings (SSSR count). The van der Waals surface area contributed by atoms with Gasteiger partial charge in [-0.05, 0) is 5.92 Å². The second-order valence-corrected chi connectivity index (χ2v) is 6.50. The molecule has 0 radical (unpaired) electrons. The predicted octanol–water partition coefficient (Wildman–Crippen LogP) is 2.61. The van der Waals surface area contributed by atoms with E-state index >= 15 is 0 Å². The maximum atomic E-state index is 12.2. The van der Waals surface area contributed by atoms with Crippen molar-refractivity contribution in [3.05, 3.63) is 12.3 Å². The van der Waals surface area contributed by atoms with Crippen molar-refractivity contribution < 1.29 is 23.1 Å². The van der Waals surface area contributed by atoms with Crippen LogP contribution in [0, 0.1) is 11.3 Å². The maximum Gasteiger partial charge on any atom is 0.408 e. The number of carbonyl (C=O) groups excluding carboxylic acids is 1. The third kappa shape index (κ3) is 6.47. The van der Waals surface area contributed by atoms with Crippen LogP contribution in [0.15, 0.2) is 12.3 Å². The van der Waals surface area contributed by atoms with E-state index < -0.39 is 30.3 Å². The minimum absolute atomic E-state index is 0.0222. The van der Waals surface area contributed by atoms with Gasteiger partial charge in [-0.3, -0.25) is 10.00 Å². The molecule has 2 amide bonds. The molecule has 132 valence electrons. The van der Waals surface area contributed by atoms with E-state index in [1.54, 1.807) is 0 Å². The lowest BCUT2D eigenvalue weighted by Gasteiger charge is -2.33. The Bertz CT molecular complexity index is 526. The van der Waals surface area contributed by atoms with Gasteiger partial charge >= 0.3 is 12.2 Å². The molecule has 1 atom stereocenters. The lowest BCUT2D eigenvalue weighted by molar-refractivity contribution is -0.142. The van der Waals surface area contributed by atoms with Gasteiger partial charge in [0.05, 0.1) is 6.10 Å². The Morgan fingerprint density at radius 3 is 2.52 bits per heavy atom. The van der Waals surface area contributed by atoms with Gasteiger partial charge in [-0.1, -0.05) is 27.7 Å². The number of nitrogens with one attached hydrogen (secondary N) is 2. The first-order chi connectivity index (χ1) is 10.4. The van der Waals surface area contributed by atoms with Crippen molar-refractivity contribution in [1.29, 1.82) is 0 Å². The summed E-state index contributed by atoms with van der Waals surface area (Å²) >= 11 is 0. The molecule has 0 spiro atoms. The summed E-state index contributed by atoms with van der Waals surface area (Å²) in [6, 6.07) is 0.686. The number of alkyl halides is 3. The number of anilines is 1. The highest BCUT2D eigenvalue weighted by Crippen LogP contribution is 2.25. The van der Waals surface area contributed by atoms with E-state index in [0.717, 1.165) is 6.20 Å². The summed E-state index contributed by atoms with van der Waals surface area (Å²) in [6.07, 6.45) is -3.84. The number of aliphatic hydroxyl groups is 1. The van der Waals surface area contributed by atoms with E-state index in [1.807, 2.05) is 27.7 Å². The van der Waals surface area contributed by atoms with Crippen LogP contribution in [0.3, 0.4) is 0 Å². The largest absolute Gasteiger partial charge is 0.408 e. The first kappa shape index (κ1) is 19.3. The summed E-state index contributed by atoms with van der Waals surface area (Å²) in [5.74, 6) is 0.0573. The van der Waals surface area contributed by atoms with Gasteiger partial charge in [-0.2, -0.15) is 18.3 Å². The molecular weight excluding hydrogens is 313 g/mol. The second-order valence-electron chi connectivity index (χ2n) is 6.50. The van der Waals surface area contributed by atoms with E-state index in [2.05, 4.69) is 15.7 Å². The van der Waals surface area contributed by atoms with Crippen LogP contribution < -0.4 is 10.6 Å².